The molecule has 34 heavy (non-hydrogen) atoms. The van der Waals surface area contributed by atoms with Gasteiger partial charge in [0.2, 0.25) is 0 Å². The van der Waals surface area contributed by atoms with Gasteiger partial charge in [-0.2, -0.15) is 0 Å². The maximum absolute atomic E-state index is 12.6. The Morgan fingerprint density at radius 1 is 0.971 bits per heavy atom. The molecule has 0 fully saturated rings. The number of amides is 1. The molecule has 5 nitrogen and oxygen atoms in total. The molecule has 1 amide bonds. The molecule has 0 aliphatic carbocycles. The summed E-state index contributed by atoms with van der Waals surface area (Å²) in [6, 6.07) is 24.0. The van der Waals surface area contributed by atoms with Crippen LogP contribution in [0.15, 0.2) is 72.8 Å². The predicted molar refractivity (Wildman–Crippen MR) is 137 cm³/mol. The maximum atomic E-state index is 12.6. The topological polar surface area (TPSA) is 56.2 Å². The van der Waals surface area contributed by atoms with Crippen LogP contribution in [0.1, 0.15) is 54.5 Å². The molecule has 0 atom stereocenters. The van der Waals surface area contributed by atoms with E-state index in [1.807, 2.05) is 61.5 Å². The molecule has 0 bridgehead atoms. The molecule has 4 rings (SSSR count). The van der Waals surface area contributed by atoms with Gasteiger partial charge in [-0.05, 0) is 60.7 Å². The largest absolute Gasteiger partial charge is 0.494 e. The van der Waals surface area contributed by atoms with Crippen LogP contribution in [0, 0.1) is 6.92 Å². The average Bonchev–Trinajstić information content (AvgIpc) is 3.18. The van der Waals surface area contributed by atoms with Gasteiger partial charge in [0, 0.05) is 12.1 Å². The first-order valence-corrected chi connectivity index (χ1v) is 11.8. The van der Waals surface area contributed by atoms with Gasteiger partial charge in [0.1, 0.15) is 11.6 Å². The van der Waals surface area contributed by atoms with Gasteiger partial charge in [-0.1, -0.05) is 62.7 Å². The minimum absolute atomic E-state index is 0.0966. The van der Waals surface area contributed by atoms with E-state index < -0.39 is 0 Å². The minimum atomic E-state index is -0.0966. The van der Waals surface area contributed by atoms with E-state index >= 15 is 0 Å². The van der Waals surface area contributed by atoms with E-state index in [2.05, 4.69) is 48.9 Å². The number of rotatable bonds is 8. The molecule has 0 unspecified atom stereocenters. The maximum Gasteiger partial charge on any atom is 0.251 e. The second kappa shape index (κ2) is 10.1. The van der Waals surface area contributed by atoms with E-state index in [1.54, 1.807) is 0 Å². The number of aromatic nitrogens is 2. The van der Waals surface area contributed by atoms with Crippen molar-refractivity contribution in [1.82, 2.24) is 14.9 Å². The van der Waals surface area contributed by atoms with Gasteiger partial charge >= 0.3 is 0 Å². The highest BCUT2D eigenvalue weighted by atomic mass is 16.5. The number of fused-ring (bicyclic) bond motifs is 1. The van der Waals surface area contributed by atoms with Crippen molar-refractivity contribution in [2.75, 3.05) is 6.61 Å². The van der Waals surface area contributed by atoms with E-state index in [0.29, 0.717) is 18.7 Å². The Kier molecular flexibility index (Phi) is 7.01. The number of hydrogen-bond acceptors (Lipinski definition) is 3. The van der Waals surface area contributed by atoms with Crippen LogP contribution in [0.5, 0.6) is 5.75 Å². The Hall–Kier alpha value is -3.60. The molecule has 0 spiro atoms. The number of benzene rings is 3. The predicted octanol–water partition coefficient (Wildman–Crippen LogP) is 6.04. The molecule has 0 radical (unpaired) electrons. The van der Waals surface area contributed by atoms with Crippen molar-refractivity contribution in [3.8, 4) is 5.75 Å². The van der Waals surface area contributed by atoms with Crippen LogP contribution in [0.2, 0.25) is 0 Å². The van der Waals surface area contributed by atoms with Crippen LogP contribution in [0.25, 0.3) is 11.0 Å². The second-order valence-electron chi connectivity index (χ2n) is 9.69. The summed E-state index contributed by atoms with van der Waals surface area (Å²) in [5.74, 6) is 1.63. The van der Waals surface area contributed by atoms with Crippen LogP contribution in [-0.4, -0.2) is 22.1 Å². The Bertz CT molecular complexity index is 1250. The fraction of sp³-hybridized carbons (Fsp3) is 0.310. The third-order valence-corrected chi connectivity index (χ3v) is 5.97. The standard InChI is InChI=1S/C29H33N3O2/c1-21-10-12-22(13-11-21)28(33)30-20-27-31-25-8-5-6-9-26(25)32(27)18-7-19-34-24-16-14-23(15-17-24)29(2,3)4/h5-6,8-17H,7,18-20H2,1-4H3,(H,30,33). The van der Waals surface area contributed by atoms with Crippen LogP contribution in [-0.2, 0) is 18.5 Å². The zero-order valence-electron chi connectivity index (χ0n) is 20.5. The van der Waals surface area contributed by atoms with Gasteiger partial charge in [-0.25, -0.2) is 4.98 Å². The van der Waals surface area contributed by atoms with Gasteiger partial charge in [0.15, 0.2) is 0 Å². The number of carbonyl (C=O) groups is 1. The number of imidazole rings is 1. The van der Waals surface area contributed by atoms with Crippen molar-refractivity contribution in [2.24, 2.45) is 0 Å². The molecule has 0 aliphatic heterocycles. The Labute approximate surface area is 201 Å². The Morgan fingerprint density at radius 2 is 1.68 bits per heavy atom. The Balaban J connectivity index is 1.39. The van der Waals surface area contributed by atoms with Gasteiger partial charge in [0.25, 0.3) is 5.91 Å². The molecule has 5 heteroatoms. The highest BCUT2D eigenvalue weighted by molar-refractivity contribution is 5.94. The van der Waals surface area contributed by atoms with Crippen molar-refractivity contribution in [2.45, 2.75) is 52.6 Å². The summed E-state index contributed by atoms with van der Waals surface area (Å²) in [6.45, 7) is 10.4. The zero-order valence-corrected chi connectivity index (χ0v) is 20.5. The third kappa shape index (κ3) is 5.66. The summed E-state index contributed by atoms with van der Waals surface area (Å²) in [5, 5.41) is 3.02. The van der Waals surface area contributed by atoms with Gasteiger partial charge in [-0.15, -0.1) is 0 Å². The molecule has 1 aromatic heterocycles. The number of nitrogens with one attached hydrogen (secondary N) is 1. The first kappa shape index (κ1) is 23.6. The molecule has 0 aliphatic rings. The van der Waals surface area contributed by atoms with E-state index in [4.69, 9.17) is 9.72 Å². The van der Waals surface area contributed by atoms with Crippen LogP contribution in [0.3, 0.4) is 0 Å². The van der Waals surface area contributed by atoms with Crippen molar-refractivity contribution < 1.29 is 9.53 Å². The summed E-state index contributed by atoms with van der Waals surface area (Å²) in [5.41, 5.74) is 5.20. The second-order valence-corrected chi connectivity index (χ2v) is 9.69. The molecule has 1 N–H and O–H groups in total. The van der Waals surface area contributed by atoms with Crippen LogP contribution in [0.4, 0.5) is 0 Å². The summed E-state index contributed by atoms with van der Waals surface area (Å²) < 4.78 is 8.16. The number of aryl methyl sites for hydroxylation is 2. The van der Waals surface area contributed by atoms with Gasteiger partial charge in [0.05, 0.1) is 24.2 Å². The molecule has 1 heterocycles. The van der Waals surface area contributed by atoms with E-state index in [9.17, 15) is 4.79 Å². The number of hydrogen-bond donors (Lipinski definition) is 1. The van der Waals surface area contributed by atoms with Gasteiger partial charge < -0.3 is 14.6 Å². The number of ether oxygens (including phenoxy) is 1. The summed E-state index contributed by atoms with van der Waals surface area (Å²) in [6.07, 6.45) is 0.834. The Morgan fingerprint density at radius 3 is 2.38 bits per heavy atom. The normalized spacial score (nSPS) is 11.5. The van der Waals surface area contributed by atoms with Crippen molar-refractivity contribution in [1.29, 1.82) is 0 Å². The molecule has 3 aromatic carbocycles. The lowest BCUT2D eigenvalue weighted by Crippen LogP contribution is -2.25. The number of para-hydroxylation sites is 2. The van der Waals surface area contributed by atoms with Gasteiger partial charge in [-0.3, -0.25) is 4.79 Å². The smallest absolute Gasteiger partial charge is 0.251 e. The quantitative estimate of drug-likeness (QED) is 0.330. The highest BCUT2D eigenvalue weighted by Gasteiger charge is 2.14. The molecule has 4 aromatic rings. The number of nitrogens with zero attached hydrogens (tertiary/aromatic N) is 2. The minimum Gasteiger partial charge on any atom is -0.494 e. The fourth-order valence-corrected chi connectivity index (χ4v) is 3.94. The summed E-state index contributed by atoms with van der Waals surface area (Å²) in [7, 11) is 0. The highest BCUT2D eigenvalue weighted by Crippen LogP contribution is 2.24. The van der Waals surface area contributed by atoms with Crippen LogP contribution < -0.4 is 10.1 Å². The molecule has 0 saturated heterocycles. The van der Waals surface area contributed by atoms with Crippen LogP contribution >= 0.6 is 0 Å². The first-order valence-electron chi connectivity index (χ1n) is 11.8. The SMILES string of the molecule is Cc1ccc(C(=O)NCc2nc3ccccc3n2CCCOc2ccc(C(C)(C)C)cc2)cc1. The van der Waals surface area contributed by atoms with Crippen molar-refractivity contribution in [3.63, 3.8) is 0 Å². The summed E-state index contributed by atoms with van der Waals surface area (Å²) in [4.78, 5) is 17.4. The number of carbonyl (C=O) groups excluding carboxylic acids is 1. The third-order valence-electron chi connectivity index (χ3n) is 5.97. The summed E-state index contributed by atoms with van der Waals surface area (Å²) >= 11 is 0. The van der Waals surface area contributed by atoms with E-state index in [-0.39, 0.29) is 11.3 Å². The molecule has 176 valence electrons. The lowest BCUT2D eigenvalue weighted by Gasteiger charge is -2.19. The van der Waals surface area contributed by atoms with E-state index in [1.165, 1.54) is 5.56 Å². The van der Waals surface area contributed by atoms with Crippen molar-refractivity contribution >= 4 is 16.9 Å². The zero-order chi connectivity index (χ0) is 24.1. The monoisotopic (exact) mass is 455 g/mol. The lowest BCUT2D eigenvalue weighted by atomic mass is 9.87. The first-order chi connectivity index (χ1) is 16.3. The molecular weight excluding hydrogens is 422 g/mol. The molecule has 0 saturated carbocycles. The fourth-order valence-electron chi connectivity index (χ4n) is 3.94. The average molecular weight is 456 g/mol. The molecular formula is C29H33N3O2. The van der Waals surface area contributed by atoms with E-state index in [0.717, 1.165) is 41.1 Å². The van der Waals surface area contributed by atoms with Crippen molar-refractivity contribution in [3.05, 3.63) is 95.3 Å². The lowest BCUT2D eigenvalue weighted by molar-refractivity contribution is 0.0949.